The lowest BCUT2D eigenvalue weighted by molar-refractivity contribution is 0.103. The number of para-hydroxylation sites is 1. The highest BCUT2D eigenvalue weighted by atomic mass is 35.5. The van der Waals surface area contributed by atoms with Gasteiger partial charge in [-0.25, -0.2) is 4.39 Å². The highest BCUT2D eigenvalue weighted by molar-refractivity contribution is 7.12. The Balaban J connectivity index is 1.64. The molecule has 0 atom stereocenters. The zero-order valence-electron chi connectivity index (χ0n) is 12.8. The van der Waals surface area contributed by atoms with Crippen LogP contribution in [-0.4, -0.2) is 5.91 Å². The van der Waals surface area contributed by atoms with Crippen LogP contribution >= 0.6 is 34.5 Å². The first-order valence-electron chi connectivity index (χ1n) is 7.23. The molecular weight excluding hydrogens is 384 g/mol. The third-order valence-electron chi connectivity index (χ3n) is 3.23. The summed E-state index contributed by atoms with van der Waals surface area (Å²) in [5, 5.41) is 5.41. The maximum atomic E-state index is 13.5. The van der Waals surface area contributed by atoms with Crippen LogP contribution in [0.4, 0.5) is 10.1 Å². The van der Waals surface area contributed by atoms with E-state index in [-0.39, 0.29) is 18.3 Å². The van der Waals surface area contributed by atoms with Crippen LogP contribution in [0.2, 0.25) is 10.0 Å². The molecule has 0 aliphatic rings. The fourth-order valence-corrected chi connectivity index (χ4v) is 3.43. The van der Waals surface area contributed by atoms with Crippen LogP contribution in [-0.2, 0) is 6.61 Å². The average molecular weight is 396 g/mol. The van der Waals surface area contributed by atoms with E-state index in [1.807, 2.05) is 0 Å². The Hall–Kier alpha value is -2.08. The quantitative estimate of drug-likeness (QED) is 0.572. The van der Waals surface area contributed by atoms with Crippen LogP contribution in [0.25, 0.3) is 0 Å². The van der Waals surface area contributed by atoms with E-state index >= 15 is 0 Å². The average Bonchev–Trinajstić information content (AvgIpc) is 3.02. The lowest BCUT2D eigenvalue weighted by atomic mass is 10.3. The van der Waals surface area contributed by atoms with Crippen molar-refractivity contribution < 1.29 is 13.9 Å². The van der Waals surface area contributed by atoms with E-state index in [0.29, 0.717) is 20.6 Å². The Labute approximate surface area is 158 Å². The van der Waals surface area contributed by atoms with Gasteiger partial charge in [-0.3, -0.25) is 4.79 Å². The fourth-order valence-electron chi connectivity index (χ4n) is 2.11. The van der Waals surface area contributed by atoms with Crippen molar-refractivity contribution in [2.75, 3.05) is 5.32 Å². The van der Waals surface area contributed by atoms with Crippen molar-refractivity contribution >= 4 is 46.1 Å². The highest BCUT2D eigenvalue weighted by Crippen LogP contribution is 2.24. The first-order valence-corrected chi connectivity index (χ1v) is 8.87. The number of rotatable bonds is 5. The number of benzene rings is 2. The van der Waals surface area contributed by atoms with E-state index in [9.17, 15) is 9.18 Å². The molecule has 0 saturated heterocycles. The van der Waals surface area contributed by atoms with Gasteiger partial charge in [-0.1, -0.05) is 35.3 Å². The van der Waals surface area contributed by atoms with Crippen LogP contribution in [0.3, 0.4) is 0 Å². The second-order valence-corrected chi connectivity index (χ2v) is 6.93. The van der Waals surface area contributed by atoms with Crippen molar-refractivity contribution in [3.05, 3.63) is 80.2 Å². The molecule has 1 aromatic heterocycles. The lowest BCUT2D eigenvalue weighted by Crippen LogP contribution is -2.10. The molecule has 3 nitrogen and oxygen atoms in total. The summed E-state index contributed by atoms with van der Waals surface area (Å²) in [5.41, 5.74) is 1.29. The van der Waals surface area contributed by atoms with Crippen molar-refractivity contribution in [2.45, 2.75) is 6.61 Å². The van der Waals surface area contributed by atoms with Gasteiger partial charge in [-0.05, 0) is 41.8 Å². The lowest BCUT2D eigenvalue weighted by Gasteiger charge is -2.05. The number of anilines is 1. The summed E-state index contributed by atoms with van der Waals surface area (Å²) in [6.45, 7) is 0.174. The van der Waals surface area contributed by atoms with Gasteiger partial charge in [0.25, 0.3) is 5.91 Å². The van der Waals surface area contributed by atoms with Crippen LogP contribution in [0, 0.1) is 5.82 Å². The molecule has 128 valence electrons. The largest absolute Gasteiger partial charge is 0.486 e. The number of carbonyl (C=O) groups is 1. The Morgan fingerprint density at radius 3 is 2.56 bits per heavy atom. The van der Waals surface area contributed by atoms with E-state index in [0.717, 1.165) is 5.56 Å². The summed E-state index contributed by atoms with van der Waals surface area (Å²) in [6.07, 6.45) is 0. The standard InChI is InChI=1S/C18H12Cl2FNO2S/c19-12-6-13(20)8-14(7-12)22-18(23)17-5-11(10-25-17)9-24-16-4-2-1-3-15(16)21/h1-8,10H,9H2,(H,22,23). The van der Waals surface area contributed by atoms with Crippen molar-refractivity contribution in [2.24, 2.45) is 0 Å². The molecule has 0 saturated carbocycles. The van der Waals surface area contributed by atoms with E-state index < -0.39 is 5.82 Å². The Kier molecular flexibility index (Phi) is 5.58. The molecule has 0 aliphatic carbocycles. The summed E-state index contributed by atoms with van der Waals surface area (Å²) in [4.78, 5) is 12.8. The number of thiophene rings is 1. The number of halogens is 3. The second-order valence-electron chi connectivity index (χ2n) is 5.15. The second kappa shape index (κ2) is 7.87. The van der Waals surface area contributed by atoms with Gasteiger partial charge in [-0.2, -0.15) is 0 Å². The van der Waals surface area contributed by atoms with Gasteiger partial charge in [0.1, 0.15) is 6.61 Å². The number of nitrogens with one attached hydrogen (secondary N) is 1. The van der Waals surface area contributed by atoms with Gasteiger partial charge in [0.15, 0.2) is 11.6 Å². The minimum Gasteiger partial charge on any atom is -0.486 e. The molecule has 0 fully saturated rings. The van der Waals surface area contributed by atoms with Crippen LogP contribution in [0.5, 0.6) is 5.75 Å². The van der Waals surface area contributed by atoms with E-state index in [1.54, 1.807) is 47.8 Å². The minimum absolute atomic E-state index is 0.174. The third kappa shape index (κ3) is 4.72. The molecule has 1 N–H and O–H groups in total. The molecule has 3 rings (SSSR count). The van der Waals surface area contributed by atoms with Crippen molar-refractivity contribution in [1.82, 2.24) is 0 Å². The number of hydrogen-bond acceptors (Lipinski definition) is 3. The number of ether oxygens (including phenoxy) is 1. The molecule has 3 aromatic rings. The molecule has 25 heavy (non-hydrogen) atoms. The first-order chi connectivity index (χ1) is 12.0. The van der Waals surface area contributed by atoms with E-state index in [2.05, 4.69) is 5.32 Å². The molecular formula is C18H12Cl2FNO2S. The maximum absolute atomic E-state index is 13.5. The molecule has 0 unspecified atom stereocenters. The normalized spacial score (nSPS) is 10.5. The molecule has 0 radical (unpaired) electrons. The van der Waals surface area contributed by atoms with Gasteiger partial charge in [0, 0.05) is 21.3 Å². The Bertz CT molecular complexity index is 893. The van der Waals surface area contributed by atoms with Crippen LogP contribution in [0.15, 0.2) is 53.9 Å². The zero-order valence-corrected chi connectivity index (χ0v) is 15.1. The number of carbonyl (C=O) groups excluding carboxylic acids is 1. The molecule has 2 aromatic carbocycles. The number of amides is 1. The minimum atomic E-state index is -0.423. The smallest absolute Gasteiger partial charge is 0.265 e. The summed E-state index contributed by atoms with van der Waals surface area (Å²) < 4.78 is 19.0. The summed E-state index contributed by atoms with van der Waals surface area (Å²) in [6, 6.07) is 12.7. The summed E-state index contributed by atoms with van der Waals surface area (Å²) in [5.74, 6) is -0.526. The molecule has 1 heterocycles. The van der Waals surface area contributed by atoms with Gasteiger partial charge >= 0.3 is 0 Å². The molecule has 0 bridgehead atoms. The third-order valence-corrected chi connectivity index (χ3v) is 4.64. The summed E-state index contributed by atoms with van der Waals surface area (Å²) >= 11 is 13.1. The predicted molar refractivity (Wildman–Crippen MR) is 99.5 cm³/mol. The van der Waals surface area contributed by atoms with Crippen LogP contribution in [0.1, 0.15) is 15.2 Å². The van der Waals surface area contributed by atoms with Gasteiger partial charge in [0.2, 0.25) is 0 Å². The van der Waals surface area contributed by atoms with Crippen molar-refractivity contribution in [3.63, 3.8) is 0 Å². The van der Waals surface area contributed by atoms with Gasteiger partial charge < -0.3 is 10.1 Å². The summed E-state index contributed by atoms with van der Waals surface area (Å²) in [7, 11) is 0. The molecule has 1 amide bonds. The fraction of sp³-hybridized carbons (Fsp3) is 0.0556. The topological polar surface area (TPSA) is 38.3 Å². The number of hydrogen-bond donors (Lipinski definition) is 1. The first kappa shape index (κ1) is 17.7. The SMILES string of the molecule is O=C(Nc1cc(Cl)cc(Cl)c1)c1cc(COc2ccccc2F)cs1. The van der Waals surface area contributed by atoms with Crippen molar-refractivity contribution in [1.29, 1.82) is 0 Å². The van der Waals surface area contributed by atoms with Gasteiger partial charge in [-0.15, -0.1) is 11.3 Å². The van der Waals surface area contributed by atoms with E-state index in [4.69, 9.17) is 27.9 Å². The maximum Gasteiger partial charge on any atom is 0.265 e. The monoisotopic (exact) mass is 395 g/mol. The predicted octanol–water partition coefficient (Wildman–Crippen LogP) is 6.03. The highest BCUT2D eigenvalue weighted by Gasteiger charge is 2.11. The zero-order chi connectivity index (χ0) is 17.8. The van der Waals surface area contributed by atoms with Crippen molar-refractivity contribution in [3.8, 4) is 5.75 Å². The molecule has 7 heteroatoms. The Morgan fingerprint density at radius 1 is 1.12 bits per heavy atom. The molecule has 0 spiro atoms. The van der Waals surface area contributed by atoms with E-state index in [1.165, 1.54) is 17.4 Å². The van der Waals surface area contributed by atoms with Gasteiger partial charge in [0.05, 0.1) is 4.88 Å². The molecule has 0 aliphatic heterocycles. The Morgan fingerprint density at radius 2 is 1.84 bits per heavy atom. The van der Waals surface area contributed by atoms with Crippen LogP contribution < -0.4 is 10.1 Å².